The Morgan fingerprint density at radius 3 is 2.86 bits per heavy atom. The Labute approximate surface area is 171 Å². The number of H-pyrrole nitrogens is 1. The molecule has 3 heterocycles. The summed E-state index contributed by atoms with van der Waals surface area (Å²) in [5, 5.41) is 17.5. The highest BCUT2D eigenvalue weighted by atomic mass is 32.1. The number of allylic oxidation sites excluding steroid dienone is 3. The number of carbonyl (C=O) groups is 1. The van der Waals surface area contributed by atoms with Crippen LogP contribution in [0.15, 0.2) is 47.2 Å². The van der Waals surface area contributed by atoms with Gasteiger partial charge in [-0.05, 0) is 35.7 Å². The zero-order valence-corrected chi connectivity index (χ0v) is 17.0. The van der Waals surface area contributed by atoms with Crippen molar-refractivity contribution in [1.29, 1.82) is 5.26 Å². The van der Waals surface area contributed by atoms with E-state index in [2.05, 4.69) is 35.1 Å². The van der Waals surface area contributed by atoms with E-state index >= 15 is 0 Å². The summed E-state index contributed by atoms with van der Waals surface area (Å²) in [4.78, 5) is 19.1. The van der Waals surface area contributed by atoms with E-state index in [1.165, 1.54) is 11.3 Å². The van der Waals surface area contributed by atoms with E-state index < -0.39 is 5.92 Å². The number of carbonyl (C=O) groups excluding carboxylic acids is 1. The second kappa shape index (κ2) is 6.65. The molecule has 2 aromatic rings. The lowest BCUT2D eigenvalue weighted by Crippen LogP contribution is -2.42. The zero-order chi connectivity index (χ0) is 20.1. The Bertz CT molecular complexity index is 1120. The predicted molar refractivity (Wildman–Crippen MR) is 109 cm³/mol. The number of aromatic nitrogens is 3. The van der Waals surface area contributed by atoms with Crippen molar-refractivity contribution in [2.45, 2.75) is 32.6 Å². The topological polar surface area (TPSA) is 112 Å². The summed E-state index contributed by atoms with van der Waals surface area (Å²) in [5.41, 5.74) is 8.73. The lowest BCUT2D eigenvalue weighted by Gasteiger charge is -2.42. The fourth-order valence-corrected chi connectivity index (χ4v) is 4.84. The van der Waals surface area contributed by atoms with Gasteiger partial charge < -0.3 is 5.73 Å². The minimum Gasteiger partial charge on any atom is -0.384 e. The van der Waals surface area contributed by atoms with Gasteiger partial charge in [-0.2, -0.15) is 5.26 Å². The highest BCUT2D eigenvalue weighted by Crippen LogP contribution is 2.50. The second-order valence-electron chi connectivity index (χ2n) is 7.66. The maximum atomic E-state index is 13.3. The van der Waals surface area contributed by atoms with Gasteiger partial charge in [-0.15, -0.1) is 5.10 Å². The van der Waals surface area contributed by atoms with Gasteiger partial charge in [0.1, 0.15) is 5.82 Å². The fraction of sp³-hybridized carbons (Fsp3) is 0.316. The van der Waals surface area contributed by atoms with Crippen LogP contribution < -0.4 is 10.6 Å². The van der Waals surface area contributed by atoms with E-state index in [1.54, 1.807) is 23.4 Å². The van der Waals surface area contributed by atoms with E-state index in [1.807, 2.05) is 6.07 Å². The van der Waals surface area contributed by atoms with Crippen molar-refractivity contribution in [3.05, 3.63) is 56.7 Å². The molecule has 0 spiro atoms. The van der Waals surface area contributed by atoms with Crippen molar-refractivity contribution in [3.8, 4) is 6.07 Å². The third-order valence-corrected chi connectivity index (χ3v) is 6.09. The number of nitrogens with two attached hydrogens (primary N) is 1. The van der Waals surface area contributed by atoms with Crippen molar-refractivity contribution in [1.82, 2.24) is 15.2 Å². The number of Topliss-reactive ketones (excluding diaryl/α,β-unsaturated/α-hetero) is 1. The molecule has 0 bridgehead atoms. The third-order valence-electron chi connectivity index (χ3n) is 5.02. The number of nitriles is 1. The number of hydrogen-bond donors (Lipinski definition) is 2. The number of nitrogens with one attached hydrogen (secondary N) is 1. The minimum atomic E-state index is -0.527. The monoisotopic (exact) mass is 410 g/mol. The Hall–Kier alpha value is -2.83. The van der Waals surface area contributed by atoms with Crippen LogP contribution in [0.25, 0.3) is 0 Å². The van der Waals surface area contributed by atoms with Crippen LogP contribution in [0, 0.1) is 20.7 Å². The lowest BCUT2D eigenvalue weighted by molar-refractivity contribution is -0.118. The van der Waals surface area contributed by atoms with E-state index in [-0.39, 0.29) is 17.0 Å². The van der Waals surface area contributed by atoms with Gasteiger partial charge in [-0.3, -0.25) is 19.8 Å². The molecule has 1 unspecified atom stereocenters. The van der Waals surface area contributed by atoms with Gasteiger partial charge in [0.05, 0.1) is 17.6 Å². The fourth-order valence-electron chi connectivity index (χ4n) is 3.93. The van der Waals surface area contributed by atoms with Crippen molar-refractivity contribution in [2.75, 3.05) is 4.90 Å². The molecule has 1 aliphatic heterocycles. The molecule has 1 atom stereocenters. The Morgan fingerprint density at radius 2 is 2.25 bits per heavy atom. The first-order chi connectivity index (χ1) is 13.3. The molecule has 0 saturated heterocycles. The van der Waals surface area contributed by atoms with Crippen molar-refractivity contribution in [3.63, 3.8) is 0 Å². The van der Waals surface area contributed by atoms with Gasteiger partial charge in [0.15, 0.2) is 9.74 Å². The van der Waals surface area contributed by atoms with Crippen LogP contribution in [-0.4, -0.2) is 21.0 Å². The van der Waals surface area contributed by atoms with Gasteiger partial charge in [0.25, 0.3) is 0 Å². The van der Waals surface area contributed by atoms with Crippen molar-refractivity contribution < 1.29 is 4.79 Å². The van der Waals surface area contributed by atoms with Crippen molar-refractivity contribution >= 4 is 34.5 Å². The summed E-state index contributed by atoms with van der Waals surface area (Å²) in [7, 11) is 0. The maximum absolute atomic E-state index is 13.3. The number of pyridine rings is 1. The average molecular weight is 411 g/mol. The van der Waals surface area contributed by atoms with Crippen LogP contribution in [0.1, 0.15) is 38.2 Å². The Morgan fingerprint density at radius 1 is 1.46 bits per heavy atom. The first-order valence-electron chi connectivity index (χ1n) is 8.74. The molecule has 4 rings (SSSR count). The standard InChI is InChI=1S/C19H18N6OS2/c1-19(2)6-12-15(13(26)7-19)14(10-4-3-5-22-9-10)11(8-20)16(21)25(12)17-23-24-18(27)28-17/h3-5,9,14H,6-7,21H2,1-2H3,(H,24,27). The van der Waals surface area contributed by atoms with Gasteiger partial charge in [-0.1, -0.05) is 31.3 Å². The highest BCUT2D eigenvalue weighted by molar-refractivity contribution is 7.73. The summed E-state index contributed by atoms with van der Waals surface area (Å²) in [6, 6.07) is 5.89. The quantitative estimate of drug-likeness (QED) is 0.728. The molecule has 0 fully saturated rings. The van der Waals surface area contributed by atoms with Gasteiger partial charge in [-0.25, -0.2) is 0 Å². The smallest absolute Gasteiger partial charge is 0.216 e. The molecule has 142 valence electrons. The SMILES string of the molecule is CC1(C)CC(=O)C2=C(C1)N(c1n[nH]c(=S)s1)C(N)=C(C#N)C2c1cccnc1. The summed E-state index contributed by atoms with van der Waals surface area (Å²) in [5.74, 6) is -0.233. The van der Waals surface area contributed by atoms with Crippen LogP contribution in [0.5, 0.6) is 0 Å². The molecule has 28 heavy (non-hydrogen) atoms. The molecule has 0 radical (unpaired) electrons. The summed E-state index contributed by atoms with van der Waals surface area (Å²) < 4.78 is 0.499. The van der Waals surface area contributed by atoms with E-state index in [0.717, 1.165) is 11.3 Å². The summed E-state index contributed by atoms with van der Waals surface area (Å²) in [6.07, 6.45) is 4.39. The number of anilines is 1. The molecule has 2 aromatic heterocycles. The number of hydrogen-bond acceptors (Lipinski definition) is 8. The van der Waals surface area contributed by atoms with E-state index in [4.69, 9.17) is 18.0 Å². The predicted octanol–water partition coefficient (Wildman–Crippen LogP) is 3.54. The molecular weight excluding hydrogens is 392 g/mol. The van der Waals surface area contributed by atoms with Crippen LogP contribution >= 0.6 is 23.6 Å². The maximum Gasteiger partial charge on any atom is 0.216 e. The van der Waals surface area contributed by atoms with Gasteiger partial charge >= 0.3 is 0 Å². The number of nitrogens with zero attached hydrogens (tertiary/aromatic N) is 4. The second-order valence-corrected chi connectivity index (χ2v) is 9.31. The molecule has 1 aliphatic carbocycles. The van der Waals surface area contributed by atoms with Crippen LogP contribution in [0.4, 0.5) is 5.13 Å². The largest absolute Gasteiger partial charge is 0.384 e. The van der Waals surface area contributed by atoms with Crippen LogP contribution in [-0.2, 0) is 4.79 Å². The summed E-state index contributed by atoms with van der Waals surface area (Å²) >= 11 is 6.43. The first kappa shape index (κ1) is 18.5. The molecular formula is C19H18N6OS2. The van der Waals surface area contributed by atoms with Gasteiger partial charge in [0, 0.05) is 30.1 Å². The highest BCUT2D eigenvalue weighted by Gasteiger charge is 2.45. The minimum absolute atomic E-state index is 0.0180. The third kappa shape index (κ3) is 2.95. The Balaban J connectivity index is 2.01. The average Bonchev–Trinajstić information content (AvgIpc) is 3.06. The molecule has 7 nitrogen and oxygen atoms in total. The lowest BCUT2D eigenvalue weighted by atomic mass is 9.69. The molecule has 2 aliphatic rings. The number of rotatable bonds is 2. The Kier molecular flexibility index (Phi) is 4.40. The van der Waals surface area contributed by atoms with Gasteiger partial charge in [0.2, 0.25) is 5.13 Å². The van der Waals surface area contributed by atoms with Crippen molar-refractivity contribution in [2.24, 2.45) is 11.1 Å². The van der Waals surface area contributed by atoms with Crippen LogP contribution in [0.3, 0.4) is 0 Å². The molecule has 0 saturated carbocycles. The molecule has 9 heteroatoms. The number of aromatic amines is 1. The molecule has 0 aromatic carbocycles. The van der Waals surface area contributed by atoms with E-state index in [0.29, 0.717) is 33.1 Å². The first-order valence-corrected chi connectivity index (χ1v) is 9.96. The molecule has 3 N–H and O–H groups in total. The molecule has 0 amide bonds. The zero-order valence-electron chi connectivity index (χ0n) is 15.4. The van der Waals surface area contributed by atoms with Crippen LogP contribution in [0.2, 0.25) is 0 Å². The van der Waals surface area contributed by atoms with E-state index in [9.17, 15) is 10.1 Å². The summed E-state index contributed by atoms with van der Waals surface area (Å²) in [6.45, 7) is 4.11. The number of ketones is 1. The normalized spacial score (nSPS) is 21.5.